The molecule has 4 heteroatoms. The van der Waals surface area contributed by atoms with Crippen LogP contribution < -0.4 is 5.32 Å². The maximum atomic E-state index is 12.1. The van der Waals surface area contributed by atoms with E-state index in [-0.39, 0.29) is 11.3 Å². The number of amides is 1. The lowest BCUT2D eigenvalue weighted by Gasteiger charge is -2.39. The number of halogens is 1. The highest BCUT2D eigenvalue weighted by Crippen LogP contribution is 2.38. The number of anilines is 1. The smallest absolute Gasteiger partial charge is 0.253 e. The van der Waals surface area contributed by atoms with E-state index in [9.17, 15) is 4.79 Å². The second-order valence-corrected chi connectivity index (χ2v) is 7.23. The molecule has 0 aliphatic heterocycles. The Bertz CT molecular complexity index is 526. The molecule has 0 bridgehead atoms. The predicted octanol–water partition coefficient (Wildman–Crippen LogP) is 4.42. The Morgan fingerprint density at radius 2 is 2.05 bits per heavy atom. The Morgan fingerprint density at radius 1 is 1.33 bits per heavy atom. The van der Waals surface area contributed by atoms with E-state index in [1.165, 1.54) is 19.3 Å². The highest BCUT2D eigenvalue weighted by atomic mass is 35.5. The van der Waals surface area contributed by atoms with Crippen molar-refractivity contribution in [3.8, 4) is 0 Å². The van der Waals surface area contributed by atoms with Crippen LogP contribution in [0.1, 0.15) is 49.9 Å². The van der Waals surface area contributed by atoms with Gasteiger partial charge in [-0.15, -0.1) is 0 Å². The maximum absolute atomic E-state index is 12.1. The minimum atomic E-state index is -0.00220. The zero-order chi connectivity index (χ0) is 15.6. The van der Waals surface area contributed by atoms with Crippen LogP contribution in [0.25, 0.3) is 0 Å². The number of nitrogens with zero attached hydrogens (tertiary/aromatic N) is 1. The summed E-state index contributed by atoms with van der Waals surface area (Å²) < 4.78 is 0. The average molecular weight is 309 g/mol. The highest BCUT2D eigenvalue weighted by molar-refractivity contribution is 6.33. The summed E-state index contributed by atoms with van der Waals surface area (Å²) in [5, 5.41) is 4.24. The summed E-state index contributed by atoms with van der Waals surface area (Å²) in [6.45, 7) is 4.60. The number of carbonyl (C=O) groups is 1. The van der Waals surface area contributed by atoms with Crippen molar-refractivity contribution in [2.45, 2.75) is 45.6 Å². The quantitative estimate of drug-likeness (QED) is 0.896. The van der Waals surface area contributed by atoms with Crippen LogP contribution in [0.2, 0.25) is 5.02 Å². The molecular formula is C17H25ClN2O. The summed E-state index contributed by atoms with van der Waals surface area (Å²) in [6.07, 6.45) is 4.90. The number of benzene rings is 1. The van der Waals surface area contributed by atoms with E-state index in [2.05, 4.69) is 19.2 Å². The first kappa shape index (κ1) is 16.2. The predicted molar refractivity (Wildman–Crippen MR) is 89.1 cm³/mol. The molecule has 1 saturated carbocycles. The van der Waals surface area contributed by atoms with Crippen molar-refractivity contribution in [1.29, 1.82) is 0 Å². The van der Waals surface area contributed by atoms with E-state index in [0.717, 1.165) is 12.1 Å². The molecule has 1 aromatic rings. The van der Waals surface area contributed by atoms with Crippen molar-refractivity contribution >= 4 is 23.2 Å². The van der Waals surface area contributed by atoms with Crippen molar-refractivity contribution in [3.63, 3.8) is 0 Å². The van der Waals surface area contributed by atoms with Gasteiger partial charge in [-0.05, 0) is 36.5 Å². The third-order valence-corrected chi connectivity index (χ3v) is 4.79. The highest BCUT2D eigenvalue weighted by Gasteiger charge is 2.32. The van der Waals surface area contributed by atoms with E-state index in [0.29, 0.717) is 16.6 Å². The summed E-state index contributed by atoms with van der Waals surface area (Å²) in [5.41, 5.74) is 1.79. The summed E-state index contributed by atoms with van der Waals surface area (Å²) >= 11 is 6.31. The minimum Gasteiger partial charge on any atom is -0.381 e. The normalized spacial score (nSPS) is 20.9. The molecule has 1 amide bonds. The molecule has 0 aromatic heterocycles. The first-order valence-electron chi connectivity index (χ1n) is 7.59. The van der Waals surface area contributed by atoms with E-state index < -0.39 is 0 Å². The summed E-state index contributed by atoms with van der Waals surface area (Å²) in [6, 6.07) is 5.85. The number of hydrogen-bond acceptors (Lipinski definition) is 2. The monoisotopic (exact) mass is 308 g/mol. The zero-order valence-electron chi connectivity index (χ0n) is 13.4. The molecule has 1 atom stereocenters. The fourth-order valence-electron chi connectivity index (χ4n) is 2.98. The Balaban J connectivity index is 2.23. The number of nitrogens with one attached hydrogen (secondary N) is 1. The molecule has 1 N–H and O–H groups in total. The molecule has 0 heterocycles. The molecule has 3 nitrogen and oxygen atoms in total. The fraction of sp³-hybridized carbons (Fsp3) is 0.588. The molecule has 1 unspecified atom stereocenters. The summed E-state index contributed by atoms with van der Waals surface area (Å²) in [5.74, 6) is -0.00220. The Kier molecular flexibility index (Phi) is 4.82. The van der Waals surface area contributed by atoms with Crippen LogP contribution in [-0.4, -0.2) is 30.9 Å². The molecule has 2 rings (SSSR count). The van der Waals surface area contributed by atoms with Crippen LogP contribution in [0.3, 0.4) is 0 Å². The Labute approximate surface area is 132 Å². The second kappa shape index (κ2) is 6.27. The van der Waals surface area contributed by atoms with Gasteiger partial charge in [-0.1, -0.05) is 38.3 Å². The van der Waals surface area contributed by atoms with Gasteiger partial charge in [0.05, 0.1) is 10.7 Å². The van der Waals surface area contributed by atoms with E-state index in [4.69, 9.17) is 11.6 Å². The van der Waals surface area contributed by atoms with Gasteiger partial charge < -0.3 is 10.2 Å². The van der Waals surface area contributed by atoms with Gasteiger partial charge in [0.15, 0.2) is 0 Å². The van der Waals surface area contributed by atoms with Gasteiger partial charge in [-0.2, -0.15) is 0 Å². The van der Waals surface area contributed by atoms with Gasteiger partial charge in [0.25, 0.3) is 5.91 Å². The van der Waals surface area contributed by atoms with Gasteiger partial charge in [-0.3, -0.25) is 4.79 Å². The maximum Gasteiger partial charge on any atom is 0.253 e. The van der Waals surface area contributed by atoms with Gasteiger partial charge >= 0.3 is 0 Å². The molecule has 21 heavy (non-hydrogen) atoms. The largest absolute Gasteiger partial charge is 0.381 e. The van der Waals surface area contributed by atoms with Gasteiger partial charge in [0, 0.05) is 25.7 Å². The van der Waals surface area contributed by atoms with E-state index in [1.54, 1.807) is 31.1 Å². The molecule has 0 spiro atoms. The zero-order valence-corrected chi connectivity index (χ0v) is 14.1. The van der Waals surface area contributed by atoms with Crippen LogP contribution >= 0.6 is 11.6 Å². The lowest BCUT2D eigenvalue weighted by Crippen LogP contribution is -2.39. The van der Waals surface area contributed by atoms with Crippen LogP contribution in [0.4, 0.5) is 5.69 Å². The molecule has 1 aromatic carbocycles. The van der Waals surface area contributed by atoms with Gasteiger partial charge in [0.1, 0.15) is 0 Å². The minimum absolute atomic E-state index is 0.00220. The topological polar surface area (TPSA) is 32.3 Å². The Morgan fingerprint density at radius 3 is 2.67 bits per heavy atom. The Hall–Kier alpha value is -1.22. The van der Waals surface area contributed by atoms with Crippen molar-refractivity contribution in [2.75, 3.05) is 19.4 Å². The summed E-state index contributed by atoms with van der Waals surface area (Å²) in [7, 11) is 3.52. The van der Waals surface area contributed by atoms with Crippen LogP contribution in [0.5, 0.6) is 0 Å². The van der Waals surface area contributed by atoms with Crippen LogP contribution in [0, 0.1) is 5.41 Å². The van der Waals surface area contributed by atoms with E-state index in [1.807, 2.05) is 6.07 Å². The van der Waals surface area contributed by atoms with Crippen molar-refractivity contribution in [2.24, 2.45) is 5.41 Å². The SMILES string of the molecule is CN(C)C(=O)c1ccc(Cl)c(NC2CCCCC2(C)C)c1. The third-order valence-electron chi connectivity index (χ3n) is 4.46. The molecule has 0 saturated heterocycles. The van der Waals surface area contributed by atoms with E-state index >= 15 is 0 Å². The standard InChI is InChI=1S/C17H25ClN2O/c1-17(2)10-6-5-7-15(17)19-14-11-12(8-9-13(14)18)16(21)20(3)4/h8-9,11,15,19H,5-7,10H2,1-4H3. The number of rotatable bonds is 3. The fourth-order valence-corrected chi connectivity index (χ4v) is 3.15. The average Bonchev–Trinajstić information content (AvgIpc) is 2.42. The van der Waals surface area contributed by atoms with Gasteiger partial charge in [0.2, 0.25) is 0 Å². The molecular weight excluding hydrogens is 284 g/mol. The van der Waals surface area contributed by atoms with Crippen LogP contribution in [-0.2, 0) is 0 Å². The molecule has 1 fully saturated rings. The third kappa shape index (κ3) is 3.70. The van der Waals surface area contributed by atoms with Crippen molar-refractivity contribution < 1.29 is 4.79 Å². The molecule has 1 aliphatic carbocycles. The second-order valence-electron chi connectivity index (χ2n) is 6.83. The number of hydrogen-bond donors (Lipinski definition) is 1. The summed E-state index contributed by atoms with van der Waals surface area (Å²) in [4.78, 5) is 13.7. The molecule has 1 aliphatic rings. The molecule has 0 radical (unpaired) electrons. The number of carbonyl (C=O) groups excluding carboxylic acids is 1. The van der Waals surface area contributed by atoms with Crippen molar-refractivity contribution in [1.82, 2.24) is 4.90 Å². The van der Waals surface area contributed by atoms with Crippen LogP contribution in [0.15, 0.2) is 18.2 Å². The van der Waals surface area contributed by atoms with Gasteiger partial charge in [-0.25, -0.2) is 0 Å². The first-order valence-corrected chi connectivity index (χ1v) is 7.97. The van der Waals surface area contributed by atoms with Crippen molar-refractivity contribution in [3.05, 3.63) is 28.8 Å². The molecule has 116 valence electrons. The lowest BCUT2D eigenvalue weighted by molar-refractivity contribution is 0.0827. The first-order chi connectivity index (χ1) is 9.81. The lowest BCUT2D eigenvalue weighted by atomic mass is 9.73.